The summed E-state index contributed by atoms with van der Waals surface area (Å²) < 4.78 is 28.0. The number of nitrogens with one attached hydrogen (secondary N) is 2. The molecule has 1 fully saturated rings. The molecule has 1 rings (SSSR count). The molecule has 0 heterocycles. The van der Waals surface area contributed by atoms with Crippen molar-refractivity contribution in [3.8, 4) is 0 Å². The van der Waals surface area contributed by atoms with Crippen LogP contribution in [0.1, 0.15) is 96.3 Å². The highest BCUT2D eigenvalue weighted by molar-refractivity contribution is 5.92. The third-order valence-corrected chi connectivity index (χ3v) is 5.91. The minimum Gasteiger partial charge on any atom is -0.396 e. The van der Waals surface area contributed by atoms with Gasteiger partial charge in [-0.15, -0.1) is 0 Å². The Balaban J connectivity index is 2.23. The van der Waals surface area contributed by atoms with E-state index in [0.717, 1.165) is 64.2 Å². The first kappa shape index (κ1) is 29.2. The molecule has 2 amide bonds. The number of rotatable bonds is 18. The van der Waals surface area contributed by atoms with Gasteiger partial charge in [-0.3, -0.25) is 9.59 Å². The number of carbonyl (C=O) groups is 2. The standard InChI is InChI=1S/C25H42F2N2O4/c26-22(13-9-5-1-3-7-11-17-30)24(32)28-20-15-16-21(19-20)29-25(33)23(27)14-10-6-2-4-8-12-18-31/h13-14,20-21,30-31H,1-12,15-19H2,(H,28,32)(H,29,33)/b22-13+,23-14+/t20-,21+. The Labute approximate surface area is 196 Å². The number of allylic oxidation sites excluding steroid dienone is 2. The van der Waals surface area contributed by atoms with Gasteiger partial charge in [-0.25, -0.2) is 8.78 Å². The number of hydrogen-bond acceptors (Lipinski definition) is 4. The molecule has 0 saturated heterocycles. The molecule has 6 nitrogen and oxygen atoms in total. The summed E-state index contributed by atoms with van der Waals surface area (Å²) in [7, 11) is 0. The van der Waals surface area contributed by atoms with Gasteiger partial charge in [0, 0.05) is 25.3 Å². The fourth-order valence-corrected chi connectivity index (χ4v) is 3.97. The Hall–Kier alpha value is -1.80. The molecule has 0 unspecified atom stereocenters. The number of carbonyl (C=O) groups excluding carboxylic acids is 2. The van der Waals surface area contributed by atoms with Gasteiger partial charge in [0.1, 0.15) is 0 Å². The van der Waals surface area contributed by atoms with Crippen LogP contribution in [0.15, 0.2) is 23.8 Å². The minimum absolute atomic E-state index is 0.194. The average molecular weight is 473 g/mol. The summed E-state index contributed by atoms with van der Waals surface area (Å²) in [5, 5.41) is 22.8. The third-order valence-electron chi connectivity index (χ3n) is 5.91. The SMILES string of the molecule is O=C(N[C@@H]1CC[C@H](NC(=O)/C(F)=C\CCCCCCCO)C1)/C(F)=C\CCCCCCCO. The molecule has 0 radical (unpaired) electrons. The first-order valence-corrected chi connectivity index (χ1v) is 12.5. The van der Waals surface area contributed by atoms with Crippen LogP contribution in [-0.2, 0) is 9.59 Å². The van der Waals surface area contributed by atoms with Crippen LogP contribution >= 0.6 is 0 Å². The molecule has 2 atom stereocenters. The van der Waals surface area contributed by atoms with E-state index in [2.05, 4.69) is 10.6 Å². The number of aliphatic hydroxyl groups excluding tert-OH is 2. The summed E-state index contributed by atoms with van der Waals surface area (Å²) >= 11 is 0. The Bertz CT molecular complexity index is 574. The van der Waals surface area contributed by atoms with Crippen LogP contribution in [0.25, 0.3) is 0 Å². The van der Waals surface area contributed by atoms with E-state index >= 15 is 0 Å². The molecule has 0 spiro atoms. The van der Waals surface area contributed by atoms with E-state index < -0.39 is 23.5 Å². The first-order chi connectivity index (χ1) is 16.0. The summed E-state index contributed by atoms with van der Waals surface area (Å²) in [6.07, 6.45) is 14.2. The summed E-state index contributed by atoms with van der Waals surface area (Å²) in [4.78, 5) is 24.0. The van der Waals surface area contributed by atoms with E-state index in [1.54, 1.807) is 0 Å². The Morgan fingerprint density at radius 3 is 1.42 bits per heavy atom. The van der Waals surface area contributed by atoms with E-state index in [0.29, 0.717) is 32.1 Å². The number of amides is 2. The lowest BCUT2D eigenvalue weighted by Gasteiger charge is -2.14. The van der Waals surface area contributed by atoms with Gasteiger partial charge in [-0.1, -0.05) is 38.5 Å². The van der Waals surface area contributed by atoms with Crippen molar-refractivity contribution in [2.24, 2.45) is 0 Å². The van der Waals surface area contributed by atoms with Crippen molar-refractivity contribution < 1.29 is 28.6 Å². The molecule has 4 N–H and O–H groups in total. The van der Waals surface area contributed by atoms with Crippen molar-refractivity contribution >= 4 is 11.8 Å². The third kappa shape index (κ3) is 14.1. The molecule has 0 aromatic rings. The summed E-state index contributed by atoms with van der Waals surface area (Å²) in [5.74, 6) is -3.05. The molecule has 0 bridgehead atoms. The smallest absolute Gasteiger partial charge is 0.279 e. The molecule has 0 aliphatic heterocycles. The van der Waals surface area contributed by atoms with E-state index in [9.17, 15) is 18.4 Å². The lowest BCUT2D eigenvalue weighted by molar-refractivity contribution is -0.119. The number of halogens is 2. The van der Waals surface area contributed by atoms with Crippen molar-refractivity contribution in [1.29, 1.82) is 0 Å². The summed E-state index contributed by atoms with van der Waals surface area (Å²) in [6, 6.07) is -0.488. The Kier molecular flexibility index (Phi) is 16.5. The van der Waals surface area contributed by atoms with Crippen LogP contribution < -0.4 is 10.6 Å². The van der Waals surface area contributed by atoms with Crippen molar-refractivity contribution in [3.05, 3.63) is 23.8 Å². The topological polar surface area (TPSA) is 98.7 Å². The number of unbranched alkanes of at least 4 members (excludes halogenated alkanes) is 10. The predicted molar refractivity (Wildman–Crippen MR) is 126 cm³/mol. The average Bonchev–Trinajstić information content (AvgIpc) is 3.23. The lowest BCUT2D eigenvalue weighted by Crippen LogP contribution is -2.37. The molecule has 190 valence electrons. The second-order valence-electron chi connectivity index (χ2n) is 8.82. The largest absolute Gasteiger partial charge is 0.396 e. The highest BCUT2D eigenvalue weighted by atomic mass is 19.1. The van der Waals surface area contributed by atoms with Gasteiger partial charge in [0.05, 0.1) is 0 Å². The molecule has 8 heteroatoms. The molecule has 0 aromatic heterocycles. The second-order valence-corrected chi connectivity index (χ2v) is 8.82. The fourth-order valence-electron chi connectivity index (χ4n) is 3.97. The second kappa shape index (κ2) is 18.6. The van der Waals surface area contributed by atoms with Gasteiger partial charge < -0.3 is 20.8 Å². The van der Waals surface area contributed by atoms with Gasteiger partial charge in [-0.2, -0.15) is 0 Å². The predicted octanol–water partition coefficient (Wildman–Crippen LogP) is 4.51. The Morgan fingerprint density at radius 2 is 1.03 bits per heavy atom. The molecular weight excluding hydrogens is 430 g/mol. The van der Waals surface area contributed by atoms with E-state index in [1.807, 2.05) is 0 Å². The van der Waals surface area contributed by atoms with Gasteiger partial charge in [0.15, 0.2) is 11.7 Å². The van der Waals surface area contributed by atoms with Crippen LogP contribution in [-0.4, -0.2) is 47.3 Å². The van der Waals surface area contributed by atoms with E-state index in [-0.39, 0.29) is 25.3 Å². The maximum Gasteiger partial charge on any atom is 0.279 e. The zero-order chi connectivity index (χ0) is 24.3. The number of hydrogen-bond donors (Lipinski definition) is 4. The molecule has 1 saturated carbocycles. The van der Waals surface area contributed by atoms with Crippen molar-refractivity contribution in [2.75, 3.05) is 13.2 Å². The van der Waals surface area contributed by atoms with Crippen molar-refractivity contribution in [2.45, 2.75) is 108 Å². The molecule has 1 aliphatic carbocycles. The van der Waals surface area contributed by atoms with Crippen LogP contribution in [0.5, 0.6) is 0 Å². The monoisotopic (exact) mass is 472 g/mol. The number of aliphatic hydroxyl groups is 2. The highest BCUT2D eigenvalue weighted by Crippen LogP contribution is 2.20. The zero-order valence-corrected chi connectivity index (χ0v) is 19.8. The quantitative estimate of drug-likeness (QED) is 0.174. The maximum atomic E-state index is 14.0. The first-order valence-electron chi connectivity index (χ1n) is 12.5. The van der Waals surface area contributed by atoms with Crippen molar-refractivity contribution in [3.63, 3.8) is 0 Å². The van der Waals surface area contributed by atoms with Gasteiger partial charge in [0.25, 0.3) is 11.8 Å². The molecular formula is C25H42F2N2O4. The molecule has 0 aromatic carbocycles. The van der Waals surface area contributed by atoms with E-state index in [4.69, 9.17) is 10.2 Å². The van der Waals surface area contributed by atoms with Gasteiger partial charge >= 0.3 is 0 Å². The highest BCUT2D eigenvalue weighted by Gasteiger charge is 2.28. The maximum absolute atomic E-state index is 14.0. The molecule has 1 aliphatic rings. The van der Waals surface area contributed by atoms with Crippen LogP contribution in [0.4, 0.5) is 8.78 Å². The van der Waals surface area contributed by atoms with Crippen molar-refractivity contribution in [1.82, 2.24) is 10.6 Å². The Morgan fingerprint density at radius 1 is 0.667 bits per heavy atom. The van der Waals surface area contributed by atoms with Crippen LogP contribution in [0.2, 0.25) is 0 Å². The summed E-state index contributed by atoms with van der Waals surface area (Å²) in [5.41, 5.74) is 0. The van der Waals surface area contributed by atoms with Gasteiger partial charge in [-0.05, 0) is 69.9 Å². The van der Waals surface area contributed by atoms with Gasteiger partial charge in [0.2, 0.25) is 0 Å². The van der Waals surface area contributed by atoms with Crippen LogP contribution in [0, 0.1) is 0 Å². The lowest BCUT2D eigenvalue weighted by atomic mass is 10.1. The fraction of sp³-hybridized carbons (Fsp3) is 0.760. The van der Waals surface area contributed by atoms with Crippen LogP contribution in [0.3, 0.4) is 0 Å². The zero-order valence-electron chi connectivity index (χ0n) is 19.8. The minimum atomic E-state index is -0.789. The summed E-state index contributed by atoms with van der Waals surface area (Å²) in [6.45, 7) is 0.388. The van der Waals surface area contributed by atoms with E-state index in [1.165, 1.54) is 12.2 Å². The normalized spacial score (nSPS) is 19.0. The molecule has 33 heavy (non-hydrogen) atoms.